The number of hydrogen-bond acceptors (Lipinski definition) is 5. The highest BCUT2D eigenvalue weighted by Crippen LogP contribution is 2.13. The number of aromatic nitrogens is 2. The van der Waals surface area contributed by atoms with Gasteiger partial charge in [-0.15, -0.1) is 6.58 Å². The van der Waals surface area contributed by atoms with E-state index < -0.39 is 0 Å². The molecule has 26 heavy (non-hydrogen) atoms. The molecule has 0 saturated heterocycles. The van der Waals surface area contributed by atoms with Crippen LogP contribution in [0.15, 0.2) is 71.1 Å². The predicted molar refractivity (Wildman–Crippen MR) is 108 cm³/mol. The zero-order valence-electron chi connectivity index (χ0n) is 14.9. The molecule has 6 nitrogen and oxygen atoms in total. The lowest BCUT2D eigenvalue weighted by Gasteiger charge is -2.11. The maximum absolute atomic E-state index is 12.6. The van der Waals surface area contributed by atoms with Crippen molar-refractivity contribution in [1.82, 2.24) is 9.55 Å². The lowest BCUT2D eigenvalue weighted by Crippen LogP contribution is -2.24. The second kappa shape index (κ2) is 7.65. The van der Waals surface area contributed by atoms with Gasteiger partial charge >= 0.3 is 0 Å². The second-order valence-electron chi connectivity index (χ2n) is 6.01. The van der Waals surface area contributed by atoms with Crippen LogP contribution in [0.3, 0.4) is 0 Å². The van der Waals surface area contributed by atoms with Crippen LogP contribution < -0.4 is 15.9 Å². The van der Waals surface area contributed by atoms with Crippen molar-refractivity contribution < 1.29 is 0 Å². The Labute approximate surface area is 152 Å². The minimum absolute atomic E-state index is 0.187. The van der Waals surface area contributed by atoms with Crippen LogP contribution in [0.2, 0.25) is 0 Å². The van der Waals surface area contributed by atoms with Crippen molar-refractivity contribution in [2.75, 3.05) is 24.4 Å². The number of hydrogen-bond donors (Lipinski definition) is 1. The normalized spacial score (nSPS) is 11.0. The molecule has 0 spiro atoms. The molecule has 0 amide bonds. The van der Waals surface area contributed by atoms with Gasteiger partial charge in [0.1, 0.15) is 0 Å². The number of benzene rings is 2. The summed E-state index contributed by atoms with van der Waals surface area (Å²) in [4.78, 5) is 19.1. The van der Waals surface area contributed by atoms with E-state index in [2.05, 4.69) is 22.1 Å². The predicted octanol–water partition coefficient (Wildman–Crippen LogP) is 3.09. The van der Waals surface area contributed by atoms with Gasteiger partial charge in [0, 0.05) is 26.3 Å². The van der Waals surface area contributed by atoms with Crippen LogP contribution in [0, 0.1) is 0 Å². The van der Waals surface area contributed by atoms with Gasteiger partial charge in [0.2, 0.25) is 5.82 Å². The van der Waals surface area contributed by atoms with Gasteiger partial charge in [0.05, 0.1) is 17.2 Å². The van der Waals surface area contributed by atoms with Crippen molar-refractivity contribution in [3.63, 3.8) is 0 Å². The Hall–Kier alpha value is -3.41. The van der Waals surface area contributed by atoms with Crippen molar-refractivity contribution in [2.24, 2.45) is 5.10 Å². The number of hydrazone groups is 1. The smallest absolute Gasteiger partial charge is 0.295 e. The van der Waals surface area contributed by atoms with E-state index in [1.165, 1.54) is 0 Å². The summed E-state index contributed by atoms with van der Waals surface area (Å²) >= 11 is 0. The zero-order valence-corrected chi connectivity index (χ0v) is 14.9. The Morgan fingerprint density at radius 1 is 1.19 bits per heavy atom. The summed E-state index contributed by atoms with van der Waals surface area (Å²) in [5.74, 6) is 0.187. The standard InChI is InChI=1S/C20H21N5O/c1-4-13-25-18-8-6-5-7-17(18)22-19(20(25)26)23-21-14-15-9-11-16(12-10-15)24(2)3/h4-12,14H,1,13H2,2-3H3,(H,22,23)/b21-14+. The lowest BCUT2D eigenvalue weighted by molar-refractivity contribution is 0.810. The largest absolute Gasteiger partial charge is 0.378 e. The fraction of sp³-hybridized carbons (Fsp3) is 0.150. The number of rotatable bonds is 6. The molecule has 0 aliphatic rings. The Morgan fingerprint density at radius 2 is 1.92 bits per heavy atom. The number of anilines is 2. The first kappa shape index (κ1) is 17.4. The van der Waals surface area contributed by atoms with E-state index in [4.69, 9.17) is 0 Å². The maximum atomic E-state index is 12.6. The van der Waals surface area contributed by atoms with Gasteiger partial charge in [0.15, 0.2) is 0 Å². The van der Waals surface area contributed by atoms with Gasteiger partial charge < -0.3 is 4.90 Å². The molecule has 6 heteroatoms. The summed E-state index contributed by atoms with van der Waals surface area (Å²) in [6, 6.07) is 15.4. The molecule has 0 atom stereocenters. The van der Waals surface area contributed by atoms with Crippen LogP contribution in [0.1, 0.15) is 5.56 Å². The van der Waals surface area contributed by atoms with E-state index in [1.54, 1.807) is 16.9 Å². The molecule has 0 saturated carbocycles. The highest BCUT2D eigenvalue weighted by molar-refractivity contribution is 5.81. The zero-order chi connectivity index (χ0) is 18.5. The van der Waals surface area contributed by atoms with Gasteiger partial charge in [-0.1, -0.05) is 30.3 Å². The number of para-hydroxylation sites is 2. The van der Waals surface area contributed by atoms with Crippen LogP contribution >= 0.6 is 0 Å². The summed E-state index contributed by atoms with van der Waals surface area (Å²) in [6.07, 6.45) is 3.35. The molecular weight excluding hydrogens is 326 g/mol. The van der Waals surface area contributed by atoms with Crippen molar-refractivity contribution >= 4 is 28.8 Å². The van der Waals surface area contributed by atoms with E-state index in [0.29, 0.717) is 6.54 Å². The van der Waals surface area contributed by atoms with Crippen molar-refractivity contribution in [3.05, 3.63) is 77.1 Å². The van der Waals surface area contributed by atoms with Crippen molar-refractivity contribution in [1.29, 1.82) is 0 Å². The third kappa shape index (κ3) is 3.64. The molecular formula is C20H21N5O. The van der Waals surface area contributed by atoms with Gasteiger partial charge in [-0.05, 0) is 29.8 Å². The second-order valence-corrected chi connectivity index (χ2v) is 6.01. The number of nitrogens with one attached hydrogen (secondary N) is 1. The fourth-order valence-electron chi connectivity index (χ4n) is 2.60. The summed E-state index contributed by atoms with van der Waals surface area (Å²) < 4.78 is 1.62. The summed E-state index contributed by atoms with van der Waals surface area (Å²) in [7, 11) is 3.98. The number of fused-ring (bicyclic) bond motifs is 1. The van der Waals surface area contributed by atoms with E-state index in [0.717, 1.165) is 22.3 Å². The lowest BCUT2D eigenvalue weighted by atomic mass is 10.2. The average molecular weight is 347 g/mol. The van der Waals surface area contributed by atoms with Crippen LogP contribution in [0.4, 0.5) is 11.5 Å². The number of nitrogens with zero attached hydrogens (tertiary/aromatic N) is 4. The maximum Gasteiger partial charge on any atom is 0.295 e. The molecule has 0 unspecified atom stereocenters. The summed E-state index contributed by atoms with van der Waals surface area (Å²) in [5.41, 5.74) is 6.07. The van der Waals surface area contributed by atoms with Crippen LogP contribution in [-0.2, 0) is 6.54 Å². The first-order valence-electron chi connectivity index (χ1n) is 8.27. The summed E-state index contributed by atoms with van der Waals surface area (Å²) in [5, 5.41) is 4.16. The topological polar surface area (TPSA) is 62.5 Å². The molecule has 132 valence electrons. The quantitative estimate of drug-likeness (QED) is 0.423. The minimum atomic E-state index is -0.233. The highest BCUT2D eigenvalue weighted by Gasteiger charge is 2.09. The average Bonchev–Trinajstić information content (AvgIpc) is 2.65. The van der Waals surface area contributed by atoms with Gasteiger partial charge in [-0.25, -0.2) is 4.98 Å². The Morgan fingerprint density at radius 3 is 2.62 bits per heavy atom. The molecule has 0 aliphatic heterocycles. The molecule has 0 bridgehead atoms. The SMILES string of the molecule is C=CCn1c(=O)c(N/N=C/c2ccc(N(C)C)cc2)nc2ccccc21. The van der Waals surface area contributed by atoms with Crippen LogP contribution in [-0.4, -0.2) is 29.9 Å². The van der Waals surface area contributed by atoms with Crippen LogP contribution in [0.5, 0.6) is 0 Å². The summed E-state index contributed by atoms with van der Waals surface area (Å²) in [6.45, 7) is 4.13. The molecule has 1 aromatic heterocycles. The highest BCUT2D eigenvalue weighted by atomic mass is 16.1. The van der Waals surface area contributed by atoms with Crippen molar-refractivity contribution in [3.8, 4) is 0 Å². The number of allylic oxidation sites excluding steroid dienone is 1. The molecule has 0 fully saturated rings. The minimum Gasteiger partial charge on any atom is -0.378 e. The van der Waals surface area contributed by atoms with Crippen LogP contribution in [0.25, 0.3) is 11.0 Å². The monoisotopic (exact) mass is 347 g/mol. The molecule has 1 N–H and O–H groups in total. The van der Waals surface area contributed by atoms with E-state index in [-0.39, 0.29) is 11.4 Å². The van der Waals surface area contributed by atoms with Gasteiger partial charge in [-0.3, -0.25) is 14.8 Å². The Bertz CT molecular complexity index is 1000. The molecule has 0 aliphatic carbocycles. The Balaban J connectivity index is 1.87. The van der Waals surface area contributed by atoms with Gasteiger partial charge in [-0.2, -0.15) is 5.10 Å². The van der Waals surface area contributed by atoms with Crippen molar-refractivity contribution in [2.45, 2.75) is 6.54 Å². The van der Waals surface area contributed by atoms with E-state index in [1.807, 2.05) is 67.5 Å². The van der Waals surface area contributed by atoms with Gasteiger partial charge in [0.25, 0.3) is 5.56 Å². The molecule has 0 radical (unpaired) electrons. The molecule has 3 aromatic rings. The fourth-order valence-corrected chi connectivity index (χ4v) is 2.60. The third-order valence-electron chi connectivity index (χ3n) is 3.96. The van der Waals surface area contributed by atoms with E-state index in [9.17, 15) is 4.79 Å². The third-order valence-corrected chi connectivity index (χ3v) is 3.96. The molecule has 3 rings (SSSR count). The first-order valence-corrected chi connectivity index (χ1v) is 8.27. The first-order chi connectivity index (χ1) is 12.6. The Kier molecular flexibility index (Phi) is 5.12. The molecule has 2 aromatic carbocycles. The molecule has 1 heterocycles. The van der Waals surface area contributed by atoms with E-state index >= 15 is 0 Å².